The molecule has 0 N–H and O–H groups in total. The van der Waals surface area contributed by atoms with Gasteiger partial charge in [0.1, 0.15) is 6.04 Å². The number of ether oxygens (including phenoxy) is 1. The molecular formula is C15H18BrN3O4. The van der Waals surface area contributed by atoms with Gasteiger partial charge < -0.3 is 4.74 Å². The van der Waals surface area contributed by atoms with E-state index in [0.717, 1.165) is 0 Å². The third-order valence-corrected chi connectivity index (χ3v) is 4.43. The predicted octanol–water partition coefficient (Wildman–Crippen LogP) is 1.59. The van der Waals surface area contributed by atoms with Gasteiger partial charge in [0.15, 0.2) is 17.3 Å². The number of carbonyl (C=O) groups excluding carboxylic acids is 3. The summed E-state index contributed by atoms with van der Waals surface area (Å²) in [5.74, 6) is -1.31. The van der Waals surface area contributed by atoms with Gasteiger partial charge >= 0.3 is 5.97 Å². The molecule has 2 atom stereocenters. The number of methoxy groups -OCH3 is 1. The standard InChI is InChI=1S/C15H18BrN3O4/c1-7-5-10(15(22)23-4)19(14(7)21)13-12(11(20)6-16)17-8(2)9(3)18-13/h7,10H,5-6H2,1-4H3/t7-,10-/m1/s1. The van der Waals surface area contributed by atoms with Gasteiger partial charge in [-0.25, -0.2) is 14.8 Å². The maximum atomic E-state index is 12.5. The molecule has 0 aromatic carbocycles. The summed E-state index contributed by atoms with van der Waals surface area (Å²) in [5, 5.41) is 0.0532. The zero-order valence-electron chi connectivity index (χ0n) is 13.4. The maximum absolute atomic E-state index is 12.5. The second-order valence-electron chi connectivity index (χ2n) is 5.51. The maximum Gasteiger partial charge on any atom is 0.329 e. The highest BCUT2D eigenvalue weighted by atomic mass is 79.9. The van der Waals surface area contributed by atoms with Crippen molar-refractivity contribution in [2.45, 2.75) is 33.2 Å². The molecule has 0 saturated carbocycles. The Labute approximate surface area is 142 Å². The summed E-state index contributed by atoms with van der Waals surface area (Å²) < 4.78 is 4.79. The number of aryl methyl sites for hydroxylation is 2. The number of carbonyl (C=O) groups is 3. The largest absolute Gasteiger partial charge is 0.467 e. The van der Waals surface area contributed by atoms with Crippen LogP contribution < -0.4 is 4.90 Å². The number of anilines is 1. The third kappa shape index (κ3) is 3.12. The Bertz CT molecular complexity index is 677. The van der Waals surface area contributed by atoms with Crippen LogP contribution in [-0.2, 0) is 14.3 Å². The SMILES string of the molecule is COC(=O)[C@H]1C[C@@H](C)C(=O)N1c1nc(C)c(C)nc1C(=O)CBr. The Morgan fingerprint density at radius 2 is 1.91 bits per heavy atom. The predicted molar refractivity (Wildman–Crippen MR) is 86.7 cm³/mol. The lowest BCUT2D eigenvalue weighted by Crippen LogP contribution is -2.41. The van der Waals surface area contributed by atoms with E-state index in [9.17, 15) is 14.4 Å². The molecule has 2 rings (SSSR count). The van der Waals surface area contributed by atoms with Crippen molar-refractivity contribution in [2.75, 3.05) is 17.3 Å². The fourth-order valence-corrected chi connectivity index (χ4v) is 2.80. The van der Waals surface area contributed by atoms with Crippen molar-refractivity contribution in [1.29, 1.82) is 0 Å². The lowest BCUT2D eigenvalue weighted by Gasteiger charge is -2.24. The van der Waals surface area contributed by atoms with Crippen LogP contribution in [-0.4, -0.2) is 46.1 Å². The van der Waals surface area contributed by atoms with E-state index in [1.807, 2.05) is 0 Å². The Morgan fingerprint density at radius 3 is 2.48 bits per heavy atom. The summed E-state index contributed by atoms with van der Waals surface area (Å²) in [4.78, 5) is 46.6. The Morgan fingerprint density at radius 1 is 1.30 bits per heavy atom. The number of hydrogen-bond acceptors (Lipinski definition) is 6. The molecule has 2 heterocycles. The molecule has 0 unspecified atom stereocenters. The fourth-order valence-electron chi connectivity index (χ4n) is 2.53. The zero-order chi connectivity index (χ0) is 17.3. The molecule has 23 heavy (non-hydrogen) atoms. The molecule has 1 fully saturated rings. The van der Waals surface area contributed by atoms with Crippen LogP contribution in [0.15, 0.2) is 0 Å². The highest BCUT2D eigenvalue weighted by Gasteiger charge is 2.45. The van der Waals surface area contributed by atoms with Crippen LogP contribution in [0.25, 0.3) is 0 Å². The van der Waals surface area contributed by atoms with Crippen molar-refractivity contribution in [3.63, 3.8) is 0 Å². The molecule has 1 aliphatic rings. The van der Waals surface area contributed by atoms with Gasteiger partial charge in [-0.15, -0.1) is 0 Å². The van der Waals surface area contributed by atoms with E-state index in [1.165, 1.54) is 12.0 Å². The molecule has 8 heteroatoms. The second kappa shape index (κ2) is 6.74. The molecule has 1 aromatic heterocycles. The molecular weight excluding hydrogens is 366 g/mol. The first-order valence-corrected chi connectivity index (χ1v) is 8.29. The molecule has 7 nitrogen and oxygen atoms in total. The second-order valence-corrected chi connectivity index (χ2v) is 6.07. The van der Waals surface area contributed by atoms with Gasteiger partial charge in [-0.3, -0.25) is 14.5 Å². The Hall–Kier alpha value is -1.83. The molecule has 1 saturated heterocycles. The summed E-state index contributed by atoms with van der Waals surface area (Å²) >= 11 is 3.11. The summed E-state index contributed by atoms with van der Waals surface area (Å²) in [6, 6.07) is -0.791. The van der Waals surface area contributed by atoms with Gasteiger partial charge in [-0.2, -0.15) is 0 Å². The molecule has 124 valence electrons. The van der Waals surface area contributed by atoms with Crippen molar-refractivity contribution in [3.8, 4) is 0 Å². The van der Waals surface area contributed by atoms with E-state index < -0.39 is 12.0 Å². The first-order chi connectivity index (χ1) is 10.8. The van der Waals surface area contributed by atoms with Gasteiger partial charge in [0, 0.05) is 5.92 Å². The van der Waals surface area contributed by atoms with Crippen molar-refractivity contribution in [2.24, 2.45) is 5.92 Å². The van der Waals surface area contributed by atoms with Gasteiger partial charge in [0.25, 0.3) is 0 Å². The normalized spacial score (nSPS) is 20.7. The smallest absolute Gasteiger partial charge is 0.329 e. The van der Waals surface area contributed by atoms with Gasteiger partial charge in [0.2, 0.25) is 5.91 Å². The summed E-state index contributed by atoms with van der Waals surface area (Å²) in [5.41, 5.74) is 1.29. The van der Waals surface area contributed by atoms with Crippen molar-refractivity contribution in [3.05, 3.63) is 17.1 Å². The van der Waals surface area contributed by atoms with Crippen molar-refractivity contribution < 1.29 is 19.1 Å². The van der Waals surface area contributed by atoms with Crippen LogP contribution in [0.2, 0.25) is 0 Å². The van der Waals surface area contributed by atoms with E-state index in [2.05, 4.69) is 25.9 Å². The Kier molecular flexibility index (Phi) is 5.13. The molecule has 0 bridgehead atoms. The van der Waals surface area contributed by atoms with Crippen LogP contribution in [0.5, 0.6) is 0 Å². The average molecular weight is 384 g/mol. The monoisotopic (exact) mass is 383 g/mol. The fraction of sp³-hybridized carbons (Fsp3) is 0.533. The number of Topliss-reactive ketones (excluding diaryl/α,β-unsaturated/α-hetero) is 1. The van der Waals surface area contributed by atoms with E-state index in [4.69, 9.17) is 4.74 Å². The number of alkyl halides is 1. The number of nitrogens with zero attached hydrogens (tertiary/aromatic N) is 3. The topological polar surface area (TPSA) is 89.5 Å². The highest BCUT2D eigenvalue weighted by molar-refractivity contribution is 9.09. The number of esters is 1. The zero-order valence-corrected chi connectivity index (χ0v) is 15.0. The minimum absolute atomic E-state index is 0.0532. The van der Waals surface area contributed by atoms with E-state index in [-0.39, 0.29) is 34.5 Å². The minimum Gasteiger partial charge on any atom is -0.467 e. The minimum atomic E-state index is -0.791. The molecule has 0 radical (unpaired) electrons. The van der Waals surface area contributed by atoms with E-state index in [0.29, 0.717) is 17.8 Å². The molecule has 0 aliphatic carbocycles. The van der Waals surface area contributed by atoms with E-state index >= 15 is 0 Å². The van der Waals surface area contributed by atoms with Crippen LogP contribution >= 0.6 is 15.9 Å². The number of rotatable bonds is 4. The lowest BCUT2D eigenvalue weighted by molar-refractivity contribution is -0.142. The highest BCUT2D eigenvalue weighted by Crippen LogP contribution is 2.32. The number of aromatic nitrogens is 2. The first kappa shape index (κ1) is 17.5. The van der Waals surface area contributed by atoms with Crippen LogP contribution in [0, 0.1) is 19.8 Å². The molecule has 1 amide bonds. The number of hydrogen-bond donors (Lipinski definition) is 0. The quantitative estimate of drug-likeness (QED) is 0.445. The van der Waals surface area contributed by atoms with Crippen LogP contribution in [0.4, 0.5) is 5.82 Å². The summed E-state index contributed by atoms with van der Waals surface area (Å²) in [6.07, 6.45) is 0.321. The van der Waals surface area contributed by atoms with Crippen LogP contribution in [0.1, 0.15) is 35.2 Å². The first-order valence-electron chi connectivity index (χ1n) is 7.17. The number of halogens is 1. The average Bonchev–Trinajstić information content (AvgIpc) is 2.83. The Balaban J connectivity index is 2.62. The third-order valence-electron chi connectivity index (χ3n) is 3.92. The van der Waals surface area contributed by atoms with Gasteiger partial charge in [-0.1, -0.05) is 22.9 Å². The van der Waals surface area contributed by atoms with Gasteiger partial charge in [0.05, 0.1) is 23.8 Å². The van der Waals surface area contributed by atoms with Gasteiger partial charge in [-0.05, 0) is 20.3 Å². The lowest BCUT2D eigenvalue weighted by atomic mass is 10.1. The molecule has 0 spiro atoms. The number of ketones is 1. The van der Waals surface area contributed by atoms with E-state index in [1.54, 1.807) is 20.8 Å². The van der Waals surface area contributed by atoms with Crippen molar-refractivity contribution in [1.82, 2.24) is 9.97 Å². The summed E-state index contributed by atoms with van der Waals surface area (Å²) in [7, 11) is 1.27. The van der Waals surface area contributed by atoms with Crippen molar-refractivity contribution >= 4 is 39.4 Å². The summed E-state index contributed by atoms with van der Waals surface area (Å²) in [6.45, 7) is 5.22. The number of amides is 1. The van der Waals surface area contributed by atoms with Crippen LogP contribution in [0.3, 0.4) is 0 Å². The molecule has 1 aliphatic heterocycles. The molecule has 1 aromatic rings.